The maximum absolute atomic E-state index is 13.7. The average molecular weight is 851 g/mol. The molecule has 4 rings (SSSR count). The van der Waals surface area contributed by atoms with Gasteiger partial charge in [-0.1, -0.05) is 70.8 Å². The minimum Gasteiger partial charge on any atom is -0.433 e. The zero-order valence-corrected chi connectivity index (χ0v) is 31.4. The maximum Gasteiger partial charge on any atom is 0.508 e. The fraction of sp³-hybridized carbons (Fsp3) is 0.405. The molecule has 3 aromatic rings. The van der Waals surface area contributed by atoms with Crippen LogP contribution in [0.1, 0.15) is 61.3 Å². The Morgan fingerprint density at radius 3 is 1.52 bits per heavy atom. The summed E-state index contributed by atoms with van der Waals surface area (Å²) in [6, 6.07) is 8.45. The van der Waals surface area contributed by atoms with Gasteiger partial charge in [-0.15, -0.1) is 0 Å². The molecule has 1 heterocycles. The van der Waals surface area contributed by atoms with E-state index in [1.807, 2.05) is 6.92 Å². The number of aliphatic hydroxyl groups excluding tert-OH is 1. The number of hydrogen-bond acceptors (Lipinski definition) is 11. The van der Waals surface area contributed by atoms with Crippen molar-refractivity contribution in [3.63, 3.8) is 0 Å². The molecule has 1 N–H and O–H groups in total. The molecule has 322 valence electrons. The van der Waals surface area contributed by atoms with Gasteiger partial charge in [-0.2, -0.15) is 17.6 Å². The number of carbonyl (C=O) groups excluding carboxylic acids is 4. The van der Waals surface area contributed by atoms with Crippen molar-refractivity contribution in [2.75, 3.05) is 26.4 Å². The summed E-state index contributed by atoms with van der Waals surface area (Å²) in [5.74, 6) is -29.8. The van der Waals surface area contributed by atoms with E-state index < -0.39 is 131 Å². The molecule has 58 heavy (non-hydrogen) atoms. The Kier molecular flexibility index (Phi) is 19.2. The van der Waals surface area contributed by atoms with Crippen molar-refractivity contribution >= 4 is 24.2 Å². The minimum absolute atomic E-state index is 0.162. The molecule has 1 unspecified atom stereocenters. The Labute approximate surface area is 326 Å². The number of benzene rings is 3. The van der Waals surface area contributed by atoms with Gasteiger partial charge >= 0.3 is 24.2 Å². The van der Waals surface area contributed by atoms with Crippen LogP contribution in [0.3, 0.4) is 0 Å². The summed E-state index contributed by atoms with van der Waals surface area (Å²) in [5.41, 5.74) is -3.12. The first-order valence-electron chi connectivity index (χ1n) is 17.3. The lowest BCUT2D eigenvalue weighted by atomic mass is 9.92. The van der Waals surface area contributed by atoms with Crippen LogP contribution in [0.2, 0.25) is 0 Å². The van der Waals surface area contributed by atoms with Crippen molar-refractivity contribution < 1.29 is 98.0 Å². The van der Waals surface area contributed by atoms with Gasteiger partial charge in [0.2, 0.25) is 69.7 Å². The molecule has 1 aliphatic rings. The molecule has 0 aromatic heterocycles. The molecular formula is C37H38F10O11. The van der Waals surface area contributed by atoms with Gasteiger partial charge in [0.05, 0.1) is 6.61 Å². The molecule has 0 saturated carbocycles. The third kappa shape index (κ3) is 13.2. The highest BCUT2D eigenvalue weighted by molar-refractivity contribution is 5.81. The van der Waals surface area contributed by atoms with Gasteiger partial charge in [-0.25, -0.2) is 35.9 Å². The predicted octanol–water partition coefficient (Wildman–Crippen LogP) is 8.93. The van der Waals surface area contributed by atoms with Crippen LogP contribution in [-0.4, -0.2) is 55.8 Å². The summed E-state index contributed by atoms with van der Waals surface area (Å²) in [7, 11) is 0. The van der Waals surface area contributed by atoms with Gasteiger partial charge in [-0.3, -0.25) is 9.59 Å². The van der Waals surface area contributed by atoms with Gasteiger partial charge in [0, 0.05) is 1.37 Å². The van der Waals surface area contributed by atoms with Gasteiger partial charge in [-0.05, 0) is 19.4 Å². The fourth-order valence-corrected chi connectivity index (χ4v) is 3.56. The lowest BCUT2D eigenvalue weighted by Gasteiger charge is -2.29. The molecule has 0 spiro atoms. The Balaban J connectivity index is 0.000000525. The standard InChI is InChI=1S/C19H15F5O6.C12H7F5O5.2C3H8/c1-19(8-25,9-29-18(27)28-7-10-5-3-2-4-6-10)17(26)30-16-14(23)12(21)11(20)13(22)15(16)24;1-12(2-20-11(19)21-3-12)10(18)22-9-7(16)5(14)4(13)6(15)8(9)17;2*1-3-2/h2-6,25H,7-9H2,1H3;2-3H2,1H3;2*3H2,1-2H3/i;;1T;. The van der Waals surface area contributed by atoms with Crippen molar-refractivity contribution in [2.24, 2.45) is 10.8 Å². The quantitative estimate of drug-likeness (QED) is 0.0725. The number of esters is 2. The number of carbonyl (C=O) groups is 4. The number of ether oxygens (including phenoxy) is 6. The molecule has 0 amide bonds. The molecule has 0 aliphatic carbocycles. The lowest BCUT2D eigenvalue weighted by molar-refractivity contribution is -0.156. The molecule has 21 heteroatoms. The highest BCUT2D eigenvalue weighted by Gasteiger charge is 2.44. The van der Waals surface area contributed by atoms with Crippen molar-refractivity contribution in [3.05, 3.63) is 94.1 Å². The molecule has 0 radical (unpaired) electrons. The largest absolute Gasteiger partial charge is 0.508 e. The fourth-order valence-electron chi connectivity index (χ4n) is 3.56. The zero-order chi connectivity index (χ0) is 45.2. The van der Waals surface area contributed by atoms with Crippen LogP contribution >= 0.6 is 0 Å². The van der Waals surface area contributed by atoms with Crippen LogP contribution in [-0.2, 0) is 35.1 Å². The Morgan fingerprint density at radius 2 is 1.12 bits per heavy atom. The first-order chi connectivity index (χ1) is 27.6. The number of cyclic esters (lactones) is 2. The predicted molar refractivity (Wildman–Crippen MR) is 179 cm³/mol. The molecule has 11 nitrogen and oxygen atoms in total. The monoisotopic (exact) mass is 850 g/mol. The number of hydrogen-bond donors (Lipinski definition) is 1. The minimum atomic E-state index is -2.43. The van der Waals surface area contributed by atoms with Crippen molar-refractivity contribution in [1.82, 2.24) is 0 Å². The highest BCUT2D eigenvalue weighted by Crippen LogP contribution is 2.33. The van der Waals surface area contributed by atoms with E-state index >= 15 is 0 Å². The second-order valence-corrected chi connectivity index (χ2v) is 12.2. The molecular weight excluding hydrogens is 810 g/mol. The SMILES string of the molecule is CC(CO)(COC(=O)OCc1ccccc1)C(=O)Oc1c(F)c(F)c(F)c(F)c1F.CC1(C(=O)Oc2c(F)c(F)c(F)c(F)c2F)COC(=O)OC1.CCC.[3H]CCC. The van der Waals surface area contributed by atoms with E-state index in [1.54, 1.807) is 30.3 Å². The Morgan fingerprint density at radius 1 is 0.724 bits per heavy atom. The van der Waals surface area contributed by atoms with Gasteiger partial charge in [0.1, 0.15) is 37.3 Å². The molecule has 0 bridgehead atoms. The van der Waals surface area contributed by atoms with Crippen LogP contribution in [0.15, 0.2) is 30.3 Å². The van der Waals surface area contributed by atoms with Crippen LogP contribution in [0.4, 0.5) is 53.5 Å². The van der Waals surface area contributed by atoms with E-state index in [2.05, 4.69) is 37.5 Å². The normalized spacial score (nSPS) is 13.8. The van der Waals surface area contributed by atoms with Gasteiger partial charge in [0.25, 0.3) is 0 Å². The van der Waals surface area contributed by atoms with Crippen LogP contribution in [0.5, 0.6) is 11.5 Å². The van der Waals surface area contributed by atoms with E-state index in [-0.39, 0.29) is 6.61 Å². The van der Waals surface area contributed by atoms with E-state index in [0.717, 1.165) is 20.3 Å². The Bertz CT molecular complexity index is 1850. The summed E-state index contributed by atoms with van der Waals surface area (Å²) < 4.78 is 166. The van der Waals surface area contributed by atoms with Gasteiger partial charge in [0.15, 0.2) is 0 Å². The molecule has 1 saturated heterocycles. The van der Waals surface area contributed by atoms with Crippen molar-refractivity contribution in [2.45, 2.75) is 61.0 Å². The molecule has 1 aliphatic heterocycles. The van der Waals surface area contributed by atoms with Crippen molar-refractivity contribution in [1.29, 1.82) is 0 Å². The smallest absolute Gasteiger partial charge is 0.433 e. The second kappa shape index (κ2) is 23.0. The summed E-state index contributed by atoms with van der Waals surface area (Å²) in [4.78, 5) is 46.4. The molecule has 1 atom stereocenters. The van der Waals surface area contributed by atoms with E-state index in [0.29, 0.717) is 12.5 Å². The molecule has 3 aromatic carbocycles. The summed E-state index contributed by atoms with van der Waals surface area (Å²) in [5, 5.41) is 9.42. The zero-order valence-electron chi connectivity index (χ0n) is 32.4. The number of aliphatic hydroxyl groups is 1. The third-order valence-electron chi connectivity index (χ3n) is 6.79. The van der Waals surface area contributed by atoms with Crippen LogP contribution < -0.4 is 9.47 Å². The van der Waals surface area contributed by atoms with Crippen LogP contribution in [0.25, 0.3) is 0 Å². The third-order valence-corrected chi connectivity index (χ3v) is 6.79. The van der Waals surface area contributed by atoms with Crippen LogP contribution in [0, 0.1) is 69.0 Å². The lowest BCUT2D eigenvalue weighted by Crippen LogP contribution is -2.45. The maximum atomic E-state index is 13.7. The first-order valence-corrected chi connectivity index (χ1v) is 16.6. The second-order valence-electron chi connectivity index (χ2n) is 12.2. The Hall–Kier alpha value is -5.60. The number of halogens is 10. The van der Waals surface area contributed by atoms with E-state index in [4.69, 9.17) is 6.11 Å². The van der Waals surface area contributed by atoms with E-state index in [1.165, 1.54) is 6.42 Å². The summed E-state index contributed by atoms with van der Waals surface area (Å²) in [6.45, 7) is 5.79. The first kappa shape index (κ1) is 48.5. The highest BCUT2D eigenvalue weighted by atomic mass is 19.2. The van der Waals surface area contributed by atoms with Gasteiger partial charge < -0.3 is 33.5 Å². The average Bonchev–Trinajstić information content (AvgIpc) is 3.24. The number of rotatable bonds is 9. The summed E-state index contributed by atoms with van der Waals surface area (Å²) >= 11 is 0. The van der Waals surface area contributed by atoms with E-state index in [9.17, 15) is 68.2 Å². The molecule has 1 fully saturated rings. The topological polar surface area (TPSA) is 144 Å². The summed E-state index contributed by atoms with van der Waals surface area (Å²) in [6.07, 6.45) is -0.0657. The van der Waals surface area contributed by atoms with Crippen molar-refractivity contribution in [3.8, 4) is 11.5 Å².